The second-order valence-electron chi connectivity index (χ2n) is 0.901. The van der Waals surface area contributed by atoms with E-state index in [2.05, 4.69) is 0 Å². The fraction of sp³-hybridized carbons (Fsp3) is 0.667. The van der Waals surface area contributed by atoms with Gasteiger partial charge < -0.3 is 10.8 Å². The topological polar surface area (TPSA) is 63.3 Å². The largest absolute Gasteiger partial charge is 0.389 e. The first-order valence-corrected chi connectivity index (χ1v) is 1.64. The summed E-state index contributed by atoms with van der Waals surface area (Å²) in [7, 11) is 0. The van der Waals surface area contributed by atoms with Crippen molar-refractivity contribution < 1.29 is 9.90 Å². The molecule has 36 valence electrons. The second kappa shape index (κ2) is 2.81. The van der Waals surface area contributed by atoms with Crippen LogP contribution in [0.25, 0.3) is 0 Å². The molecule has 3 heteroatoms. The van der Waals surface area contributed by atoms with Gasteiger partial charge in [-0.05, 0) is 0 Å². The van der Waals surface area contributed by atoms with Crippen LogP contribution in [0.15, 0.2) is 0 Å². The van der Waals surface area contributed by atoms with Crippen molar-refractivity contribution in [3.8, 4) is 0 Å². The van der Waals surface area contributed by atoms with Crippen LogP contribution in [0, 0.1) is 0 Å². The monoisotopic (exact) mass is 89.0 g/mol. The summed E-state index contributed by atoms with van der Waals surface area (Å²) in [5.74, 6) is -0.324. The number of aliphatic hydroxyl groups excluding tert-OH is 1. The zero-order valence-corrected chi connectivity index (χ0v) is 3.35. The minimum atomic E-state index is -0.434. The van der Waals surface area contributed by atoms with Crippen LogP contribution >= 0.6 is 0 Å². The van der Waals surface area contributed by atoms with Crippen molar-refractivity contribution in [2.24, 2.45) is 5.73 Å². The third kappa shape index (κ3) is 1.87. The maximum Gasteiger partial charge on any atom is 0.171 e. The summed E-state index contributed by atoms with van der Waals surface area (Å²) in [6.07, 6.45) is 0. The fourth-order valence-electron chi connectivity index (χ4n) is 0.0645. The molecular weight excluding hydrogens is 82.0 g/mol. The van der Waals surface area contributed by atoms with Crippen molar-refractivity contribution in [2.75, 3.05) is 13.2 Å². The molecule has 0 aromatic carbocycles. The van der Waals surface area contributed by atoms with Gasteiger partial charge in [0.05, 0.1) is 6.54 Å². The highest BCUT2D eigenvalue weighted by molar-refractivity contribution is 5.81. The van der Waals surface area contributed by atoms with Gasteiger partial charge in [0, 0.05) is 0 Å². The highest BCUT2D eigenvalue weighted by Crippen LogP contribution is 1.56. The molecule has 0 aliphatic heterocycles. The average Bonchev–Trinajstić information content (AvgIpc) is 1.65. The van der Waals surface area contributed by atoms with Crippen LogP contribution in [0.4, 0.5) is 0 Å². The number of carbonyl (C=O) groups is 1. The molecule has 0 saturated carbocycles. The third-order valence-corrected chi connectivity index (χ3v) is 0.404. The van der Waals surface area contributed by atoms with Gasteiger partial charge in [0.1, 0.15) is 6.61 Å². The van der Waals surface area contributed by atoms with E-state index >= 15 is 0 Å². The minimum Gasteiger partial charge on any atom is -0.389 e. The first kappa shape index (κ1) is 5.59. The number of nitrogens with two attached hydrogens (primary N) is 1. The summed E-state index contributed by atoms with van der Waals surface area (Å²) in [4.78, 5) is 9.81. The van der Waals surface area contributed by atoms with Crippen molar-refractivity contribution >= 4 is 5.78 Å². The predicted molar refractivity (Wildman–Crippen MR) is 21.1 cm³/mol. The van der Waals surface area contributed by atoms with E-state index in [1.165, 1.54) is 0 Å². The van der Waals surface area contributed by atoms with Crippen LogP contribution in [0.5, 0.6) is 0 Å². The lowest BCUT2D eigenvalue weighted by atomic mass is 10.4. The maximum atomic E-state index is 9.81. The Morgan fingerprint density at radius 1 is 1.83 bits per heavy atom. The first-order chi connectivity index (χ1) is 2.81. The van der Waals surface area contributed by atoms with Gasteiger partial charge in [-0.2, -0.15) is 0 Å². The van der Waals surface area contributed by atoms with Gasteiger partial charge >= 0.3 is 0 Å². The molecule has 0 atom stereocenters. The molecule has 3 nitrogen and oxygen atoms in total. The Morgan fingerprint density at radius 3 is 2.33 bits per heavy atom. The molecule has 0 aromatic heterocycles. The molecule has 3 N–H and O–H groups in total. The van der Waals surface area contributed by atoms with Gasteiger partial charge in [0.25, 0.3) is 0 Å². The maximum absolute atomic E-state index is 9.81. The van der Waals surface area contributed by atoms with Gasteiger partial charge in [-0.1, -0.05) is 0 Å². The molecule has 0 aromatic rings. The molecule has 0 bridgehead atoms. The van der Waals surface area contributed by atoms with Crippen LogP contribution in [0.1, 0.15) is 0 Å². The number of Topliss-reactive ketones (excluding diaryl/α,β-unsaturated/α-hetero) is 1. The van der Waals surface area contributed by atoms with Gasteiger partial charge in [0.15, 0.2) is 5.78 Å². The molecule has 0 rings (SSSR count). The van der Waals surface area contributed by atoms with E-state index in [4.69, 9.17) is 10.8 Å². The minimum absolute atomic E-state index is 0.0590. The van der Waals surface area contributed by atoms with E-state index in [1.54, 1.807) is 0 Å². The van der Waals surface area contributed by atoms with E-state index in [1.807, 2.05) is 0 Å². The molecule has 0 saturated heterocycles. The van der Waals surface area contributed by atoms with E-state index in [-0.39, 0.29) is 12.3 Å². The van der Waals surface area contributed by atoms with Gasteiger partial charge in [-0.3, -0.25) is 4.79 Å². The Bertz CT molecular complexity index is 46.8. The molecule has 0 amide bonds. The molecule has 0 aliphatic rings. The Kier molecular flexibility index (Phi) is 2.62. The van der Waals surface area contributed by atoms with Crippen LogP contribution in [0.3, 0.4) is 0 Å². The summed E-state index contributed by atoms with van der Waals surface area (Å²) in [5, 5.41) is 7.91. The molecule has 0 aliphatic carbocycles. The number of hydrogen-bond acceptors (Lipinski definition) is 3. The highest BCUT2D eigenvalue weighted by atomic mass is 16.3. The molecule has 0 radical (unpaired) electrons. The predicted octanol–water partition coefficient (Wildman–Crippen LogP) is -1.49. The summed E-state index contributed by atoms with van der Waals surface area (Å²) in [6.45, 7) is -0.493. The highest BCUT2D eigenvalue weighted by Gasteiger charge is 1.88. The molecule has 0 spiro atoms. The molecule has 0 unspecified atom stereocenters. The van der Waals surface area contributed by atoms with Crippen LogP contribution in [0.2, 0.25) is 0 Å². The lowest BCUT2D eigenvalue weighted by molar-refractivity contribution is -0.120. The van der Waals surface area contributed by atoms with Crippen molar-refractivity contribution in [1.29, 1.82) is 0 Å². The normalized spacial score (nSPS) is 8.33. The Balaban J connectivity index is 2.99. The fourth-order valence-corrected chi connectivity index (χ4v) is 0.0645. The van der Waals surface area contributed by atoms with Crippen LogP contribution in [-0.2, 0) is 4.79 Å². The van der Waals surface area contributed by atoms with E-state index in [9.17, 15) is 4.79 Å². The average molecular weight is 89.1 g/mol. The van der Waals surface area contributed by atoms with Crippen molar-refractivity contribution in [1.82, 2.24) is 0 Å². The summed E-state index contributed by atoms with van der Waals surface area (Å²) < 4.78 is 0. The lowest BCUT2D eigenvalue weighted by Crippen LogP contribution is -2.16. The third-order valence-electron chi connectivity index (χ3n) is 0.404. The number of ketones is 1. The smallest absolute Gasteiger partial charge is 0.171 e. The molecule has 0 fully saturated rings. The van der Waals surface area contributed by atoms with Gasteiger partial charge in [0.2, 0.25) is 0 Å². The van der Waals surface area contributed by atoms with Crippen molar-refractivity contribution in [2.45, 2.75) is 0 Å². The van der Waals surface area contributed by atoms with Crippen LogP contribution in [-0.4, -0.2) is 24.0 Å². The Hall–Kier alpha value is -0.410. The first-order valence-electron chi connectivity index (χ1n) is 1.64. The zero-order chi connectivity index (χ0) is 4.99. The quantitative estimate of drug-likeness (QED) is 0.433. The molecule has 6 heavy (non-hydrogen) atoms. The van der Waals surface area contributed by atoms with Crippen LogP contribution < -0.4 is 5.73 Å². The Labute approximate surface area is 35.8 Å². The standard InChI is InChI=1S/C3H7NO2/c4-1-3(6)2-5/h5H,1-2,4H2. The number of aliphatic hydroxyl groups is 1. The summed E-state index contributed by atoms with van der Waals surface area (Å²) in [5.41, 5.74) is 4.77. The summed E-state index contributed by atoms with van der Waals surface area (Å²) in [6, 6.07) is 0. The Morgan fingerprint density at radius 2 is 2.33 bits per heavy atom. The number of rotatable bonds is 2. The second-order valence-corrected chi connectivity index (χ2v) is 0.901. The number of hydrogen-bond donors (Lipinski definition) is 2. The van der Waals surface area contributed by atoms with E-state index < -0.39 is 6.61 Å². The molecular formula is C3H7NO2. The van der Waals surface area contributed by atoms with Crippen molar-refractivity contribution in [3.63, 3.8) is 0 Å². The summed E-state index contributed by atoms with van der Waals surface area (Å²) >= 11 is 0. The van der Waals surface area contributed by atoms with Gasteiger partial charge in [-0.15, -0.1) is 0 Å². The van der Waals surface area contributed by atoms with E-state index in [0.717, 1.165) is 0 Å². The van der Waals surface area contributed by atoms with E-state index in [0.29, 0.717) is 0 Å². The van der Waals surface area contributed by atoms with Gasteiger partial charge in [-0.25, -0.2) is 0 Å². The van der Waals surface area contributed by atoms with Crippen molar-refractivity contribution in [3.05, 3.63) is 0 Å². The molecule has 0 heterocycles. The lowest BCUT2D eigenvalue weighted by Gasteiger charge is -1.81. The SMILES string of the molecule is NCC(=O)CO. The number of carbonyl (C=O) groups excluding carboxylic acids is 1. The zero-order valence-electron chi connectivity index (χ0n) is 3.35.